The van der Waals surface area contributed by atoms with Gasteiger partial charge in [0.2, 0.25) is 5.89 Å². The lowest BCUT2D eigenvalue weighted by atomic mass is 10.1. The number of aryl methyl sites for hydroxylation is 1. The molecule has 1 saturated heterocycles. The molecular formula is C20H28N4O2. The molecule has 26 heavy (non-hydrogen) atoms. The third-order valence-corrected chi connectivity index (χ3v) is 4.64. The largest absolute Gasteiger partial charge is 0.439 e. The van der Waals surface area contributed by atoms with Gasteiger partial charge in [0.25, 0.3) is 0 Å². The zero-order valence-corrected chi connectivity index (χ0v) is 15.9. The minimum Gasteiger partial charge on any atom is -0.439 e. The SMILES string of the molecule is CCOC1CCN(C(=NC)NCc2ncc(-c3ccc(C)cc3)o2)CC1. The number of piperidine rings is 1. The van der Waals surface area contributed by atoms with Crippen molar-refractivity contribution in [2.45, 2.75) is 39.3 Å². The van der Waals surface area contributed by atoms with Crippen LogP contribution in [0.5, 0.6) is 0 Å². The molecule has 1 aliphatic heterocycles. The van der Waals surface area contributed by atoms with E-state index in [4.69, 9.17) is 9.15 Å². The molecule has 2 heterocycles. The first-order valence-electron chi connectivity index (χ1n) is 9.28. The summed E-state index contributed by atoms with van der Waals surface area (Å²) < 4.78 is 11.6. The van der Waals surface area contributed by atoms with Crippen molar-refractivity contribution in [3.63, 3.8) is 0 Å². The number of nitrogens with one attached hydrogen (secondary N) is 1. The minimum atomic E-state index is 0.373. The van der Waals surface area contributed by atoms with Gasteiger partial charge in [-0.1, -0.05) is 29.8 Å². The normalized spacial score (nSPS) is 16.1. The van der Waals surface area contributed by atoms with Crippen LogP contribution in [0.2, 0.25) is 0 Å². The van der Waals surface area contributed by atoms with Gasteiger partial charge in [0.1, 0.15) is 0 Å². The van der Waals surface area contributed by atoms with Gasteiger partial charge in [-0.2, -0.15) is 0 Å². The van der Waals surface area contributed by atoms with Crippen LogP contribution in [0.15, 0.2) is 39.9 Å². The van der Waals surface area contributed by atoms with Crippen molar-refractivity contribution >= 4 is 5.96 Å². The summed E-state index contributed by atoms with van der Waals surface area (Å²) in [6.45, 7) is 7.32. The maximum absolute atomic E-state index is 5.87. The van der Waals surface area contributed by atoms with Crippen LogP contribution in [0.3, 0.4) is 0 Å². The Bertz CT molecular complexity index is 716. The van der Waals surface area contributed by atoms with E-state index < -0.39 is 0 Å². The van der Waals surface area contributed by atoms with Crippen molar-refractivity contribution in [1.29, 1.82) is 0 Å². The lowest BCUT2D eigenvalue weighted by Gasteiger charge is -2.33. The van der Waals surface area contributed by atoms with Gasteiger partial charge in [-0.15, -0.1) is 0 Å². The molecule has 0 spiro atoms. The number of oxazole rings is 1. The molecule has 6 heteroatoms. The minimum absolute atomic E-state index is 0.373. The van der Waals surface area contributed by atoms with Crippen molar-refractivity contribution in [3.8, 4) is 11.3 Å². The lowest BCUT2D eigenvalue weighted by molar-refractivity contribution is 0.0263. The number of guanidine groups is 1. The molecule has 0 atom stereocenters. The topological polar surface area (TPSA) is 62.9 Å². The number of benzene rings is 1. The van der Waals surface area contributed by atoms with E-state index in [1.165, 1.54) is 5.56 Å². The standard InChI is InChI=1S/C20H28N4O2/c1-4-25-17-9-11-24(12-10-17)20(21-3)23-14-19-22-13-18(26-19)16-7-5-15(2)6-8-16/h5-8,13,17H,4,9-12,14H2,1-3H3,(H,21,23). The fourth-order valence-electron chi connectivity index (χ4n) is 3.20. The lowest BCUT2D eigenvalue weighted by Crippen LogP contribution is -2.46. The number of likely N-dealkylation sites (tertiary alicyclic amines) is 1. The van der Waals surface area contributed by atoms with Crippen molar-refractivity contribution in [3.05, 3.63) is 41.9 Å². The highest BCUT2D eigenvalue weighted by Crippen LogP contribution is 2.21. The van der Waals surface area contributed by atoms with Gasteiger partial charge in [-0.25, -0.2) is 4.98 Å². The number of nitrogens with zero attached hydrogens (tertiary/aromatic N) is 3. The highest BCUT2D eigenvalue weighted by molar-refractivity contribution is 5.79. The summed E-state index contributed by atoms with van der Waals surface area (Å²) >= 11 is 0. The van der Waals surface area contributed by atoms with Gasteiger partial charge in [-0.05, 0) is 26.7 Å². The number of aliphatic imine (C=N–C) groups is 1. The molecule has 2 aromatic rings. The second-order valence-corrected chi connectivity index (χ2v) is 6.53. The van der Waals surface area contributed by atoms with Gasteiger partial charge in [-0.3, -0.25) is 4.99 Å². The maximum Gasteiger partial charge on any atom is 0.214 e. The molecule has 140 valence electrons. The van der Waals surface area contributed by atoms with E-state index in [-0.39, 0.29) is 0 Å². The molecule has 0 unspecified atom stereocenters. The predicted molar refractivity (Wildman–Crippen MR) is 103 cm³/mol. The average Bonchev–Trinajstić information content (AvgIpc) is 3.13. The number of hydrogen-bond donors (Lipinski definition) is 1. The summed E-state index contributed by atoms with van der Waals surface area (Å²) in [6, 6.07) is 8.25. The quantitative estimate of drug-likeness (QED) is 0.658. The van der Waals surface area contributed by atoms with E-state index in [0.29, 0.717) is 18.5 Å². The smallest absolute Gasteiger partial charge is 0.214 e. The summed E-state index contributed by atoms with van der Waals surface area (Å²) in [5, 5.41) is 3.36. The zero-order valence-electron chi connectivity index (χ0n) is 15.9. The predicted octanol–water partition coefficient (Wildman–Crippen LogP) is 3.23. The van der Waals surface area contributed by atoms with Crippen LogP contribution in [-0.4, -0.2) is 48.7 Å². The Morgan fingerprint density at radius 1 is 1.31 bits per heavy atom. The molecule has 1 fully saturated rings. The highest BCUT2D eigenvalue weighted by atomic mass is 16.5. The van der Waals surface area contributed by atoms with Crippen molar-refractivity contribution in [2.75, 3.05) is 26.7 Å². The summed E-state index contributed by atoms with van der Waals surface area (Å²) in [6.07, 6.45) is 4.21. The highest BCUT2D eigenvalue weighted by Gasteiger charge is 2.21. The Hall–Kier alpha value is -2.34. The van der Waals surface area contributed by atoms with E-state index >= 15 is 0 Å². The van der Waals surface area contributed by atoms with Crippen LogP contribution in [0.4, 0.5) is 0 Å². The van der Waals surface area contributed by atoms with Gasteiger partial charge in [0, 0.05) is 32.3 Å². The van der Waals surface area contributed by atoms with Gasteiger partial charge in [0.05, 0.1) is 18.8 Å². The first-order valence-corrected chi connectivity index (χ1v) is 9.28. The van der Waals surface area contributed by atoms with E-state index in [2.05, 4.69) is 51.4 Å². The van der Waals surface area contributed by atoms with Crippen LogP contribution in [0.25, 0.3) is 11.3 Å². The van der Waals surface area contributed by atoms with Crippen LogP contribution < -0.4 is 5.32 Å². The third kappa shape index (κ3) is 4.64. The Balaban J connectivity index is 1.54. The fraction of sp³-hybridized carbons (Fsp3) is 0.500. The molecule has 1 N–H and O–H groups in total. The van der Waals surface area contributed by atoms with Crippen LogP contribution in [-0.2, 0) is 11.3 Å². The van der Waals surface area contributed by atoms with E-state index in [9.17, 15) is 0 Å². The van der Waals surface area contributed by atoms with E-state index in [0.717, 1.165) is 49.8 Å². The molecule has 1 aromatic heterocycles. The molecule has 0 bridgehead atoms. The molecular weight excluding hydrogens is 328 g/mol. The summed E-state index contributed by atoms with van der Waals surface area (Å²) in [7, 11) is 1.81. The first kappa shape index (κ1) is 18.5. The fourth-order valence-corrected chi connectivity index (χ4v) is 3.20. The Morgan fingerprint density at radius 2 is 2.04 bits per heavy atom. The Kier molecular flexibility index (Phi) is 6.28. The molecule has 6 nitrogen and oxygen atoms in total. The second kappa shape index (κ2) is 8.85. The van der Waals surface area contributed by atoms with Crippen molar-refractivity contribution in [2.24, 2.45) is 4.99 Å². The first-order chi connectivity index (χ1) is 12.7. The van der Waals surface area contributed by atoms with Gasteiger partial charge in [0.15, 0.2) is 11.7 Å². The third-order valence-electron chi connectivity index (χ3n) is 4.64. The summed E-state index contributed by atoms with van der Waals surface area (Å²) in [5.41, 5.74) is 2.27. The van der Waals surface area contributed by atoms with E-state index in [1.54, 1.807) is 6.20 Å². The molecule has 0 amide bonds. The molecule has 1 aliphatic rings. The Morgan fingerprint density at radius 3 is 2.69 bits per heavy atom. The molecule has 0 aliphatic carbocycles. The molecule has 0 radical (unpaired) electrons. The number of ether oxygens (including phenoxy) is 1. The average molecular weight is 356 g/mol. The molecule has 1 aromatic carbocycles. The van der Waals surface area contributed by atoms with E-state index in [1.807, 2.05) is 14.0 Å². The van der Waals surface area contributed by atoms with Crippen LogP contribution in [0.1, 0.15) is 31.2 Å². The van der Waals surface area contributed by atoms with Crippen LogP contribution in [0, 0.1) is 6.92 Å². The number of rotatable bonds is 5. The second-order valence-electron chi connectivity index (χ2n) is 6.53. The summed E-state index contributed by atoms with van der Waals surface area (Å²) in [4.78, 5) is 11.0. The number of aromatic nitrogens is 1. The maximum atomic E-state index is 5.87. The van der Waals surface area contributed by atoms with Crippen molar-refractivity contribution < 1.29 is 9.15 Å². The molecule has 0 saturated carbocycles. The summed E-state index contributed by atoms with van der Waals surface area (Å²) in [5.74, 6) is 2.33. The van der Waals surface area contributed by atoms with Gasteiger partial charge < -0.3 is 19.4 Å². The molecule has 3 rings (SSSR count). The monoisotopic (exact) mass is 356 g/mol. The zero-order chi connectivity index (χ0) is 18.4. The van der Waals surface area contributed by atoms with Crippen LogP contribution >= 0.6 is 0 Å². The number of hydrogen-bond acceptors (Lipinski definition) is 4. The van der Waals surface area contributed by atoms with Gasteiger partial charge >= 0.3 is 0 Å². The van der Waals surface area contributed by atoms with Crippen molar-refractivity contribution in [1.82, 2.24) is 15.2 Å². The Labute approximate surface area is 155 Å².